The average molecular weight is 402 g/mol. The average Bonchev–Trinajstić information content (AvgIpc) is 2.64. The number of nitrogens with two attached hydrogens (primary N) is 1. The molecule has 0 aliphatic carbocycles. The smallest absolute Gasteiger partial charge is 0.330 e. The number of aromatic amines is 1. The SMILES string of the molecule is CCCCn1c(N)c(N(CC(C)C)C(=O)COc2cccc(C)c2)c(=O)[nH]c1=O. The standard InChI is InChI=1S/C21H30N4O4/c1-5-6-10-24-19(22)18(20(27)23-21(24)28)25(12-14(2)3)17(26)13-29-16-9-7-8-15(4)11-16/h7-9,11,14H,5-6,10,12-13,22H2,1-4H3,(H,23,27,28). The van der Waals surface area contributed by atoms with E-state index in [4.69, 9.17) is 10.5 Å². The number of carbonyl (C=O) groups is 1. The van der Waals surface area contributed by atoms with Crippen LogP contribution in [0.15, 0.2) is 33.9 Å². The van der Waals surface area contributed by atoms with Crippen molar-refractivity contribution in [1.82, 2.24) is 9.55 Å². The topological polar surface area (TPSA) is 110 Å². The minimum atomic E-state index is -0.676. The Morgan fingerprint density at radius 1 is 1.31 bits per heavy atom. The molecule has 0 bridgehead atoms. The molecule has 0 radical (unpaired) electrons. The Kier molecular flexibility index (Phi) is 7.64. The number of unbranched alkanes of at least 4 members (excludes halogenated alkanes) is 1. The van der Waals surface area contributed by atoms with Gasteiger partial charge in [0.25, 0.3) is 11.5 Å². The predicted octanol–water partition coefficient (Wildman–Crippen LogP) is 2.30. The van der Waals surface area contributed by atoms with E-state index in [0.29, 0.717) is 12.3 Å². The normalized spacial score (nSPS) is 10.9. The van der Waals surface area contributed by atoms with Crippen LogP contribution in [0.4, 0.5) is 11.5 Å². The fourth-order valence-electron chi connectivity index (χ4n) is 2.99. The molecule has 0 aliphatic rings. The van der Waals surface area contributed by atoms with Crippen LogP contribution in [0.25, 0.3) is 0 Å². The lowest BCUT2D eigenvalue weighted by molar-refractivity contribution is -0.120. The molecule has 8 nitrogen and oxygen atoms in total. The minimum absolute atomic E-state index is 0.00300. The molecule has 0 atom stereocenters. The second-order valence-electron chi connectivity index (χ2n) is 7.50. The Hall–Kier alpha value is -3.03. The number of amides is 1. The highest BCUT2D eigenvalue weighted by Gasteiger charge is 2.25. The highest BCUT2D eigenvalue weighted by molar-refractivity contribution is 5.96. The molecule has 0 fully saturated rings. The van der Waals surface area contributed by atoms with E-state index in [-0.39, 0.29) is 30.6 Å². The van der Waals surface area contributed by atoms with Crippen LogP contribution in [0.3, 0.4) is 0 Å². The number of aromatic nitrogens is 2. The number of aryl methyl sites for hydroxylation is 1. The molecule has 1 aromatic carbocycles. The molecule has 1 heterocycles. The quantitative estimate of drug-likeness (QED) is 0.669. The van der Waals surface area contributed by atoms with E-state index in [9.17, 15) is 14.4 Å². The molecule has 1 amide bonds. The lowest BCUT2D eigenvalue weighted by atomic mass is 10.2. The van der Waals surface area contributed by atoms with Gasteiger partial charge in [0.15, 0.2) is 12.3 Å². The molecule has 29 heavy (non-hydrogen) atoms. The number of benzene rings is 1. The zero-order valence-corrected chi connectivity index (χ0v) is 17.5. The summed E-state index contributed by atoms with van der Waals surface area (Å²) in [5, 5.41) is 0. The molecule has 3 N–H and O–H groups in total. The van der Waals surface area contributed by atoms with E-state index in [1.54, 1.807) is 6.07 Å². The summed E-state index contributed by atoms with van der Waals surface area (Å²) in [5.74, 6) is 0.236. The molecule has 0 spiro atoms. The molecule has 158 valence electrons. The summed E-state index contributed by atoms with van der Waals surface area (Å²) in [5.41, 5.74) is 5.93. The van der Waals surface area contributed by atoms with Crippen LogP contribution in [0.2, 0.25) is 0 Å². The first-order valence-corrected chi connectivity index (χ1v) is 9.87. The van der Waals surface area contributed by atoms with Gasteiger partial charge in [0.05, 0.1) is 0 Å². The van der Waals surface area contributed by atoms with Crippen LogP contribution >= 0.6 is 0 Å². The predicted molar refractivity (Wildman–Crippen MR) is 115 cm³/mol. The van der Waals surface area contributed by atoms with Gasteiger partial charge in [0.1, 0.15) is 11.6 Å². The molecule has 2 aromatic rings. The van der Waals surface area contributed by atoms with Crippen LogP contribution in [0, 0.1) is 12.8 Å². The van der Waals surface area contributed by atoms with E-state index >= 15 is 0 Å². The van der Waals surface area contributed by atoms with Crippen molar-refractivity contribution in [3.05, 3.63) is 50.7 Å². The third-order valence-electron chi connectivity index (χ3n) is 4.42. The summed E-state index contributed by atoms with van der Waals surface area (Å²) in [6.07, 6.45) is 1.59. The number of hydrogen-bond acceptors (Lipinski definition) is 5. The monoisotopic (exact) mass is 402 g/mol. The fraction of sp³-hybridized carbons (Fsp3) is 0.476. The van der Waals surface area contributed by atoms with Crippen molar-refractivity contribution in [2.45, 2.75) is 47.1 Å². The van der Waals surface area contributed by atoms with Crippen molar-refractivity contribution >= 4 is 17.4 Å². The molecule has 0 unspecified atom stereocenters. The molecule has 1 aromatic heterocycles. The van der Waals surface area contributed by atoms with Gasteiger partial charge in [-0.3, -0.25) is 19.1 Å². The van der Waals surface area contributed by atoms with Crippen molar-refractivity contribution in [3.8, 4) is 5.75 Å². The number of ether oxygens (including phenoxy) is 1. The van der Waals surface area contributed by atoms with Crippen LogP contribution in [0.1, 0.15) is 39.2 Å². The molecule has 2 rings (SSSR count). The van der Waals surface area contributed by atoms with Gasteiger partial charge in [0, 0.05) is 13.1 Å². The lowest BCUT2D eigenvalue weighted by Gasteiger charge is -2.26. The van der Waals surface area contributed by atoms with Gasteiger partial charge >= 0.3 is 5.69 Å². The summed E-state index contributed by atoms with van der Waals surface area (Å²) in [6, 6.07) is 7.36. The van der Waals surface area contributed by atoms with Gasteiger partial charge in [-0.05, 0) is 37.0 Å². The Balaban J connectivity index is 2.37. The first-order valence-electron chi connectivity index (χ1n) is 9.87. The summed E-state index contributed by atoms with van der Waals surface area (Å²) in [7, 11) is 0. The maximum absolute atomic E-state index is 13.0. The molecule has 0 saturated heterocycles. The van der Waals surface area contributed by atoms with Crippen LogP contribution in [-0.4, -0.2) is 28.6 Å². The summed E-state index contributed by atoms with van der Waals surface area (Å²) in [4.78, 5) is 41.3. The number of rotatable bonds is 9. The Morgan fingerprint density at radius 3 is 2.66 bits per heavy atom. The van der Waals surface area contributed by atoms with Crippen LogP contribution < -0.4 is 26.6 Å². The largest absolute Gasteiger partial charge is 0.484 e. The van der Waals surface area contributed by atoms with E-state index in [0.717, 1.165) is 18.4 Å². The second kappa shape index (κ2) is 9.95. The minimum Gasteiger partial charge on any atom is -0.484 e. The number of nitrogens with one attached hydrogen (secondary N) is 1. The highest BCUT2D eigenvalue weighted by Crippen LogP contribution is 2.20. The number of H-pyrrole nitrogens is 1. The fourth-order valence-corrected chi connectivity index (χ4v) is 2.99. The third kappa shape index (κ3) is 5.73. The zero-order chi connectivity index (χ0) is 21.6. The molecule has 8 heteroatoms. The van der Waals surface area contributed by atoms with Crippen molar-refractivity contribution in [2.75, 3.05) is 23.8 Å². The van der Waals surface area contributed by atoms with Crippen molar-refractivity contribution in [3.63, 3.8) is 0 Å². The van der Waals surface area contributed by atoms with E-state index < -0.39 is 17.2 Å². The molecule has 0 saturated carbocycles. The Morgan fingerprint density at radius 2 is 2.03 bits per heavy atom. The zero-order valence-electron chi connectivity index (χ0n) is 17.5. The van der Waals surface area contributed by atoms with Gasteiger partial charge in [-0.25, -0.2) is 4.79 Å². The highest BCUT2D eigenvalue weighted by atomic mass is 16.5. The van der Waals surface area contributed by atoms with E-state index in [1.807, 2.05) is 45.9 Å². The van der Waals surface area contributed by atoms with Gasteiger partial charge in [-0.15, -0.1) is 0 Å². The number of carbonyl (C=O) groups excluding carboxylic acids is 1. The second-order valence-corrected chi connectivity index (χ2v) is 7.50. The summed E-state index contributed by atoms with van der Waals surface area (Å²) in [6.45, 7) is 8.18. The summed E-state index contributed by atoms with van der Waals surface area (Å²) >= 11 is 0. The van der Waals surface area contributed by atoms with Gasteiger partial charge < -0.3 is 15.4 Å². The van der Waals surface area contributed by atoms with Crippen LogP contribution in [0.5, 0.6) is 5.75 Å². The molecular formula is C21H30N4O4. The number of nitrogens with zero attached hydrogens (tertiary/aromatic N) is 2. The first kappa shape index (κ1) is 22.3. The third-order valence-corrected chi connectivity index (χ3v) is 4.42. The number of nitrogen functional groups attached to an aromatic ring is 1. The molecule has 0 aliphatic heterocycles. The van der Waals surface area contributed by atoms with E-state index in [2.05, 4.69) is 4.98 Å². The molecular weight excluding hydrogens is 372 g/mol. The van der Waals surface area contributed by atoms with E-state index in [1.165, 1.54) is 9.47 Å². The van der Waals surface area contributed by atoms with Gasteiger partial charge in [-0.2, -0.15) is 0 Å². The lowest BCUT2D eigenvalue weighted by Crippen LogP contribution is -2.44. The maximum Gasteiger partial charge on any atom is 0.330 e. The number of hydrogen-bond donors (Lipinski definition) is 2. The first-order chi connectivity index (χ1) is 13.7. The van der Waals surface area contributed by atoms with Crippen LogP contribution in [-0.2, 0) is 11.3 Å². The van der Waals surface area contributed by atoms with Crippen molar-refractivity contribution in [1.29, 1.82) is 0 Å². The van der Waals surface area contributed by atoms with Crippen molar-refractivity contribution in [2.24, 2.45) is 5.92 Å². The van der Waals surface area contributed by atoms with Crippen molar-refractivity contribution < 1.29 is 9.53 Å². The maximum atomic E-state index is 13.0. The van der Waals surface area contributed by atoms with Gasteiger partial charge in [-0.1, -0.05) is 39.3 Å². The number of anilines is 2. The Bertz CT molecular complexity index is 962. The summed E-state index contributed by atoms with van der Waals surface area (Å²) < 4.78 is 6.93. The van der Waals surface area contributed by atoms with Gasteiger partial charge in [0.2, 0.25) is 0 Å². The Labute approximate surface area is 170 Å².